The molecule has 1 amide bonds. The first-order valence-corrected chi connectivity index (χ1v) is 8.40. The Morgan fingerprint density at radius 1 is 1.37 bits per heavy atom. The van der Waals surface area contributed by atoms with E-state index in [9.17, 15) is 18.0 Å². The number of hydrogen-bond donors (Lipinski definition) is 1. The van der Waals surface area contributed by atoms with Gasteiger partial charge in [-0.3, -0.25) is 9.59 Å². The third kappa shape index (κ3) is 4.49. The molecule has 1 N–H and O–H groups in total. The minimum absolute atomic E-state index is 0.00169. The zero-order chi connectivity index (χ0) is 14.6. The molecule has 0 aromatic heterocycles. The molecule has 0 aromatic carbocycles. The molecule has 1 saturated heterocycles. The molecule has 1 aliphatic heterocycles. The summed E-state index contributed by atoms with van der Waals surface area (Å²) in [6.07, 6.45) is 3.97. The van der Waals surface area contributed by atoms with Crippen molar-refractivity contribution in [2.75, 3.05) is 12.8 Å². The number of hydrogen-bond acceptors (Lipinski definition) is 4. The van der Waals surface area contributed by atoms with Gasteiger partial charge in [0.15, 0.2) is 9.84 Å². The first-order chi connectivity index (χ1) is 8.73. The van der Waals surface area contributed by atoms with E-state index >= 15 is 0 Å². The molecule has 7 heteroatoms. The van der Waals surface area contributed by atoms with Gasteiger partial charge in [-0.05, 0) is 32.6 Å². The van der Waals surface area contributed by atoms with E-state index in [-0.39, 0.29) is 12.5 Å². The Morgan fingerprint density at radius 3 is 2.53 bits per heavy atom. The van der Waals surface area contributed by atoms with E-state index in [4.69, 9.17) is 5.11 Å². The quantitative estimate of drug-likeness (QED) is 0.803. The molecule has 19 heavy (non-hydrogen) atoms. The molecule has 1 heterocycles. The fourth-order valence-electron chi connectivity index (χ4n) is 2.30. The van der Waals surface area contributed by atoms with Crippen LogP contribution in [0.2, 0.25) is 0 Å². The second-order valence-electron chi connectivity index (χ2n) is 5.09. The Hall–Kier alpha value is -1.11. The minimum atomic E-state index is -3.41. The third-order valence-electron chi connectivity index (χ3n) is 3.59. The average Bonchev–Trinajstić information content (AvgIpc) is 2.33. The van der Waals surface area contributed by atoms with Crippen molar-refractivity contribution in [1.29, 1.82) is 0 Å². The molecule has 1 rings (SSSR count). The summed E-state index contributed by atoms with van der Waals surface area (Å²) in [6, 6.07) is -0.151. The number of rotatable bonds is 5. The van der Waals surface area contributed by atoms with Gasteiger partial charge >= 0.3 is 5.97 Å². The molecule has 1 fully saturated rings. The summed E-state index contributed by atoms with van der Waals surface area (Å²) >= 11 is 0. The van der Waals surface area contributed by atoms with Crippen LogP contribution in [0.1, 0.15) is 39.0 Å². The highest BCUT2D eigenvalue weighted by molar-refractivity contribution is 7.92. The Bertz CT molecular complexity index is 445. The number of amides is 1. The normalized spacial score (nSPS) is 22.0. The second-order valence-corrected chi connectivity index (χ2v) is 7.45. The Balaban J connectivity index is 2.76. The van der Waals surface area contributed by atoms with Crippen LogP contribution in [0.25, 0.3) is 0 Å². The average molecular weight is 291 g/mol. The SMILES string of the molecule is CC(C(=O)N1CCCCC1CCC(=O)O)S(C)(=O)=O. The molecule has 0 bridgehead atoms. The van der Waals surface area contributed by atoms with Crippen LogP contribution in [0, 0.1) is 0 Å². The molecule has 110 valence electrons. The van der Waals surface area contributed by atoms with E-state index in [2.05, 4.69) is 0 Å². The first kappa shape index (κ1) is 15.9. The number of carboxylic acid groups (broad SMARTS) is 1. The number of carbonyl (C=O) groups excluding carboxylic acids is 1. The molecule has 0 aromatic rings. The zero-order valence-electron chi connectivity index (χ0n) is 11.3. The summed E-state index contributed by atoms with van der Waals surface area (Å²) in [5.41, 5.74) is 0. The van der Waals surface area contributed by atoms with Gasteiger partial charge in [0.05, 0.1) is 0 Å². The molecule has 0 spiro atoms. The van der Waals surface area contributed by atoms with Gasteiger partial charge in [-0.2, -0.15) is 0 Å². The van der Waals surface area contributed by atoms with Crippen LogP contribution in [0.4, 0.5) is 0 Å². The van der Waals surface area contributed by atoms with Gasteiger partial charge in [0.25, 0.3) is 0 Å². The second kappa shape index (κ2) is 6.36. The van der Waals surface area contributed by atoms with Crippen molar-refractivity contribution < 1.29 is 23.1 Å². The van der Waals surface area contributed by atoms with Crippen molar-refractivity contribution >= 4 is 21.7 Å². The lowest BCUT2D eigenvalue weighted by molar-refractivity contribution is -0.139. The van der Waals surface area contributed by atoms with Crippen molar-refractivity contribution in [3.63, 3.8) is 0 Å². The molecular formula is C12H21NO5S. The van der Waals surface area contributed by atoms with Gasteiger partial charge in [0.1, 0.15) is 5.25 Å². The van der Waals surface area contributed by atoms with E-state index in [1.54, 1.807) is 4.90 Å². The van der Waals surface area contributed by atoms with E-state index in [0.717, 1.165) is 25.5 Å². The predicted octanol–water partition coefficient (Wildman–Crippen LogP) is 0.665. The lowest BCUT2D eigenvalue weighted by atomic mass is 9.97. The molecule has 2 atom stereocenters. The Kier molecular flexibility index (Phi) is 5.34. The number of nitrogens with zero attached hydrogens (tertiary/aromatic N) is 1. The molecular weight excluding hydrogens is 270 g/mol. The van der Waals surface area contributed by atoms with Gasteiger partial charge in [-0.1, -0.05) is 0 Å². The fourth-order valence-corrected chi connectivity index (χ4v) is 2.80. The number of piperidine rings is 1. The first-order valence-electron chi connectivity index (χ1n) is 6.44. The van der Waals surface area contributed by atoms with Crippen LogP contribution in [0.15, 0.2) is 0 Å². The van der Waals surface area contributed by atoms with Crippen LogP contribution in [0.5, 0.6) is 0 Å². The summed E-state index contributed by atoms with van der Waals surface area (Å²) in [6.45, 7) is 1.91. The predicted molar refractivity (Wildman–Crippen MR) is 70.5 cm³/mol. The number of aliphatic carboxylic acids is 1. The number of sulfone groups is 1. The van der Waals surface area contributed by atoms with Crippen molar-refractivity contribution in [3.8, 4) is 0 Å². The standard InChI is InChI=1S/C12H21NO5S/c1-9(19(2,17)18)12(16)13-8-4-3-5-10(13)6-7-11(14)15/h9-10H,3-8H2,1-2H3,(H,14,15). The van der Waals surface area contributed by atoms with E-state index < -0.39 is 27.0 Å². The van der Waals surface area contributed by atoms with Crippen LogP contribution in [-0.2, 0) is 19.4 Å². The molecule has 2 unspecified atom stereocenters. The Labute approximate surface area is 113 Å². The summed E-state index contributed by atoms with van der Waals surface area (Å²) < 4.78 is 22.9. The summed E-state index contributed by atoms with van der Waals surface area (Å²) in [7, 11) is -3.41. The third-order valence-corrected chi connectivity index (χ3v) is 5.08. The number of likely N-dealkylation sites (tertiary alicyclic amines) is 1. The maximum Gasteiger partial charge on any atom is 0.303 e. The summed E-state index contributed by atoms with van der Waals surface area (Å²) in [4.78, 5) is 24.4. The fraction of sp³-hybridized carbons (Fsp3) is 0.833. The Morgan fingerprint density at radius 2 is 2.00 bits per heavy atom. The van der Waals surface area contributed by atoms with Crippen molar-refractivity contribution in [2.24, 2.45) is 0 Å². The highest BCUT2D eigenvalue weighted by Crippen LogP contribution is 2.22. The largest absolute Gasteiger partial charge is 0.481 e. The molecule has 0 saturated carbocycles. The maximum atomic E-state index is 12.2. The highest BCUT2D eigenvalue weighted by atomic mass is 32.2. The monoisotopic (exact) mass is 291 g/mol. The van der Waals surface area contributed by atoms with Crippen molar-refractivity contribution in [1.82, 2.24) is 4.90 Å². The van der Waals surface area contributed by atoms with Crippen molar-refractivity contribution in [2.45, 2.75) is 50.3 Å². The van der Waals surface area contributed by atoms with E-state index in [0.29, 0.717) is 13.0 Å². The van der Waals surface area contributed by atoms with E-state index in [1.165, 1.54) is 6.92 Å². The minimum Gasteiger partial charge on any atom is -0.481 e. The highest BCUT2D eigenvalue weighted by Gasteiger charge is 2.33. The van der Waals surface area contributed by atoms with Gasteiger partial charge in [0, 0.05) is 25.3 Å². The lowest BCUT2D eigenvalue weighted by Crippen LogP contribution is -2.49. The maximum absolute atomic E-state index is 12.2. The van der Waals surface area contributed by atoms with Crippen LogP contribution >= 0.6 is 0 Å². The molecule has 6 nitrogen and oxygen atoms in total. The number of carboxylic acids is 1. The smallest absolute Gasteiger partial charge is 0.303 e. The number of carbonyl (C=O) groups is 2. The molecule has 0 radical (unpaired) electrons. The van der Waals surface area contributed by atoms with Crippen LogP contribution in [0.3, 0.4) is 0 Å². The molecule has 1 aliphatic rings. The zero-order valence-corrected chi connectivity index (χ0v) is 12.1. The summed E-state index contributed by atoms with van der Waals surface area (Å²) in [5.74, 6) is -1.30. The molecule has 0 aliphatic carbocycles. The summed E-state index contributed by atoms with van der Waals surface area (Å²) in [5, 5.41) is 7.65. The van der Waals surface area contributed by atoms with Gasteiger partial charge in [-0.15, -0.1) is 0 Å². The van der Waals surface area contributed by atoms with Crippen LogP contribution in [-0.4, -0.2) is 54.4 Å². The topological polar surface area (TPSA) is 91.8 Å². The van der Waals surface area contributed by atoms with Gasteiger partial charge in [-0.25, -0.2) is 8.42 Å². The van der Waals surface area contributed by atoms with Crippen LogP contribution < -0.4 is 0 Å². The van der Waals surface area contributed by atoms with Gasteiger partial charge in [0.2, 0.25) is 5.91 Å². The van der Waals surface area contributed by atoms with Gasteiger partial charge < -0.3 is 10.0 Å². The van der Waals surface area contributed by atoms with E-state index in [1.807, 2.05) is 0 Å². The van der Waals surface area contributed by atoms with Crippen molar-refractivity contribution in [3.05, 3.63) is 0 Å². The lowest BCUT2D eigenvalue weighted by Gasteiger charge is -2.37.